The molecular formula is C13H17ClFNO. The minimum absolute atomic E-state index is 0.0172. The van der Waals surface area contributed by atoms with E-state index >= 15 is 0 Å². The van der Waals surface area contributed by atoms with E-state index in [1.165, 1.54) is 12.1 Å². The summed E-state index contributed by atoms with van der Waals surface area (Å²) < 4.78 is 13.2. The van der Waals surface area contributed by atoms with Gasteiger partial charge in [0.1, 0.15) is 11.4 Å². The second-order valence-electron chi connectivity index (χ2n) is 5.72. The van der Waals surface area contributed by atoms with E-state index < -0.39 is 11.4 Å². The molecule has 4 heteroatoms. The first-order valence-corrected chi connectivity index (χ1v) is 6.02. The van der Waals surface area contributed by atoms with Gasteiger partial charge in [-0.3, -0.25) is 4.90 Å². The summed E-state index contributed by atoms with van der Waals surface area (Å²) in [7, 11) is 0. The van der Waals surface area contributed by atoms with Crippen LogP contribution >= 0.6 is 11.6 Å². The van der Waals surface area contributed by atoms with Crippen LogP contribution in [0.25, 0.3) is 0 Å². The van der Waals surface area contributed by atoms with Gasteiger partial charge in [0.15, 0.2) is 0 Å². The lowest BCUT2D eigenvalue weighted by Crippen LogP contribution is -2.65. The number of hydrogen-bond acceptors (Lipinski definition) is 2. The van der Waals surface area contributed by atoms with Crippen LogP contribution in [-0.2, 0) is 5.60 Å². The molecule has 2 nitrogen and oxygen atoms in total. The number of rotatable bonds is 1. The van der Waals surface area contributed by atoms with Crippen molar-refractivity contribution >= 4 is 11.6 Å². The van der Waals surface area contributed by atoms with Gasteiger partial charge in [-0.15, -0.1) is 0 Å². The van der Waals surface area contributed by atoms with Crippen LogP contribution in [0.15, 0.2) is 18.2 Å². The van der Waals surface area contributed by atoms with E-state index in [0.717, 1.165) is 0 Å². The molecule has 1 aliphatic heterocycles. The maximum absolute atomic E-state index is 13.2. The molecule has 2 rings (SSSR count). The molecule has 1 N–H and O–H groups in total. The molecule has 1 saturated heterocycles. The average Bonchev–Trinajstić information content (AvgIpc) is 2.09. The number of nitrogens with zero attached hydrogens (tertiary/aromatic N) is 1. The normalized spacial score (nSPS) is 20.1. The third-order valence-electron chi connectivity index (χ3n) is 3.25. The molecule has 1 fully saturated rings. The zero-order valence-electron chi connectivity index (χ0n) is 10.3. The summed E-state index contributed by atoms with van der Waals surface area (Å²) in [4.78, 5) is 2.14. The summed E-state index contributed by atoms with van der Waals surface area (Å²) in [6.07, 6.45) is 0. The summed E-state index contributed by atoms with van der Waals surface area (Å²) in [5.74, 6) is -0.407. The van der Waals surface area contributed by atoms with Crippen LogP contribution in [0.2, 0.25) is 5.02 Å². The van der Waals surface area contributed by atoms with Gasteiger partial charge in [0.05, 0.1) is 0 Å². The van der Waals surface area contributed by atoms with Crippen molar-refractivity contribution in [1.82, 2.24) is 4.90 Å². The zero-order chi connectivity index (χ0) is 12.8. The second kappa shape index (κ2) is 3.94. The van der Waals surface area contributed by atoms with Gasteiger partial charge >= 0.3 is 0 Å². The monoisotopic (exact) mass is 257 g/mol. The van der Waals surface area contributed by atoms with E-state index in [9.17, 15) is 9.50 Å². The predicted molar refractivity (Wildman–Crippen MR) is 66.6 cm³/mol. The van der Waals surface area contributed by atoms with E-state index in [2.05, 4.69) is 25.7 Å². The highest BCUT2D eigenvalue weighted by Gasteiger charge is 2.46. The molecule has 0 unspecified atom stereocenters. The molecule has 0 atom stereocenters. The van der Waals surface area contributed by atoms with Gasteiger partial charge in [-0.2, -0.15) is 0 Å². The highest BCUT2D eigenvalue weighted by molar-refractivity contribution is 6.30. The van der Waals surface area contributed by atoms with Gasteiger partial charge in [0.25, 0.3) is 0 Å². The number of β-amino-alcohol motifs (C(OH)–C–C–N with tert-alkyl or cyclic N) is 1. The summed E-state index contributed by atoms with van der Waals surface area (Å²) in [6.45, 7) is 7.29. The Morgan fingerprint density at radius 1 is 1.29 bits per heavy atom. The van der Waals surface area contributed by atoms with Gasteiger partial charge in [-0.1, -0.05) is 11.6 Å². The van der Waals surface area contributed by atoms with Crippen LogP contribution in [0.3, 0.4) is 0 Å². The third-order valence-corrected chi connectivity index (χ3v) is 3.47. The van der Waals surface area contributed by atoms with E-state index in [1.54, 1.807) is 6.07 Å². The van der Waals surface area contributed by atoms with Gasteiger partial charge in [0.2, 0.25) is 0 Å². The highest BCUT2D eigenvalue weighted by atomic mass is 35.5. The molecule has 0 spiro atoms. The van der Waals surface area contributed by atoms with Crippen molar-refractivity contribution in [3.63, 3.8) is 0 Å². The molecule has 0 aromatic heterocycles. The standard InChI is InChI=1S/C13H17ClFNO/c1-12(2,3)16-7-13(17,8-16)9-4-10(14)6-11(15)5-9/h4-6,17H,7-8H2,1-3H3. The predicted octanol–water partition coefficient (Wildman–Crippen LogP) is 2.78. The lowest BCUT2D eigenvalue weighted by atomic mass is 9.82. The van der Waals surface area contributed by atoms with Crippen molar-refractivity contribution in [3.8, 4) is 0 Å². The van der Waals surface area contributed by atoms with Gasteiger partial charge in [-0.05, 0) is 44.5 Å². The lowest BCUT2D eigenvalue weighted by Gasteiger charge is -2.53. The molecule has 0 bridgehead atoms. The second-order valence-corrected chi connectivity index (χ2v) is 6.15. The molecule has 1 heterocycles. The Kier molecular flexibility index (Phi) is 2.97. The van der Waals surface area contributed by atoms with E-state index in [1.807, 2.05) is 0 Å². The molecule has 1 aromatic rings. The first-order valence-electron chi connectivity index (χ1n) is 5.65. The zero-order valence-corrected chi connectivity index (χ0v) is 11.1. The molecule has 1 aliphatic rings. The van der Waals surface area contributed by atoms with Gasteiger partial charge in [-0.25, -0.2) is 4.39 Å². The van der Waals surface area contributed by atoms with Crippen LogP contribution in [0.1, 0.15) is 26.3 Å². The van der Waals surface area contributed by atoms with Crippen molar-refractivity contribution in [2.75, 3.05) is 13.1 Å². The highest BCUT2D eigenvalue weighted by Crippen LogP contribution is 2.37. The lowest BCUT2D eigenvalue weighted by molar-refractivity contribution is -0.137. The summed E-state index contributed by atoms with van der Waals surface area (Å²) in [5.41, 5.74) is -0.398. The minimum atomic E-state index is -0.973. The quantitative estimate of drug-likeness (QED) is 0.836. The van der Waals surface area contributed by atoms with Crippen LogP contribution in [0.5, 0.6) is 0 Å². The Hall–Kier alpha value is -0.640. The number of likely N-dealkylation sites (tertiary alicyclic amines) is 1. The first-order chi connectivity index (χ1) is 7.71. The summed E-state index contributed by atoms with van der Waals surface area (Å²) >= 11 is 5.80. The smallest absolute Gasteiger partial charge is 0.125 e. The summed E-state index contributed by atoms with van der Waals surface area (Å²) in [5, 5.41) is 10.7. The van der Waals surface area contributed by atoms with E-state index in [-0.39, 0.29) is 5.54 Å². The first kappa shape index (κ1) is 12.8. The van der Waals surface area contributed by atoms with Crippen LogP contribution < -0.4 is 0 Å². The fourth-order valence-corrected chi connectivity index (χ4v) is 2.29. The van der Waals surface area contributed by atoms with E-state index in [4.69, 9.17) is 11.6 Å². The number of benzene rings is 1. The molecule has 0 radical (unpaired) electrons. The topological polar surface area (TPSA) is 23.5 Å². The third kappa shape index (κ3) is 2.46. The Morgan fingerprint density at radius 2 is 1.88 bits per heavy atom. The Balaban J connectivity index is 2.20. The Morgan fingerprint density at radius 3 is 2.35 bits per heavy atom. The molecule has 0 saturated carbocycles. The number of halogens is 2. The van der Waals surface area contributed by atoms with Crippen molar-refractivity contribution in [2.45, 2.75) is 31.9 Å². The van der Waals surface area contributed by atoms with Crippen LogP contribution in [-0.4, -0.2) is 28.6 Å². The summed E-state index contributed by atoms with van der Waals surface area (Å²) in [6, 6.07) is 4.23. The average molecular weight is 258 g/mol. The minimum Gasteiger partial charge on any atom is -0.382 e. The number of aliphatic hydroxyl groups is 1. The fraction of sp³-hybridized carbons (Fsp3) is 0.538. The van der Waals surface area contributed by atoms with Crippen molar-refractivity contribution < 1.29 is 9.50 Å². The number of hydrogen-bond donors (Lipinski definition) is 1. The van der Waals surface area contributed by atoms with E-state index in [0.29, 0.717) is 23.7 Å². The largest absolute Gasteiger partial charge is 0.382 e. The van der Waals surface area contributed by atoms with Crippen molar-refractivity contribution in [3.05, 3.63) is 34.6 Å². The molecule has 0 amide bonds. The Bertz CT molecular complexity index is 415. The van der Waals surface area contributed by atoms with Crippen LogP contribution in [0, 0.1) is 5.82 Å². The molecule has 0 aliphatic carbocycles. The van der Waals surface area contributed by atoms with Crippen LogP contribution in [0.4, 0.5) is 4.39 Å². The van der Waals surface area contributed by atoms with Crippen molar-refractivity contribution in [1.29, 1.82) is 0 Å². The molecule has 17 heavy (non-hydrogen) atoms. The van der Waals surface area contributed by atoms with Gasteiger partial charge < -0.3 is 5.11 Å². The Labute approximate surface area is 106 Å². The maximum atomic E-state index is 13.2. The van der Waals surface area contributed by atoms with Gasteiger partial charge in [0, 0.05) is 23.7 Å². The molecule has 1 aromatic carbocycles. The maximum Gasteiger partial charge on any atom is 0.125 e. The molecular weight excluding hydrogens is 241 g/mol. The molecule has 94 valence electrons. The SMILES string of the molecule is CC(C)(C)N1CC(O)(c2cc(F)cc(Cl)c2)C1. The fourth-order valence-electron chi connectivity index (χ4n) is 2.06. The van der Waals surface area contributed by atoms with Crippen molar-refractivity contribution in [2.24, 2.45) is 0 Å².